The average molecular weight is 341 g/mol. The summed E-state index contributed by atoms with van der Waals surface area (Å²) in [6, 6.07) is 13.8. The first-order chi connectivity index (χ1) is 11.6. The van der Waals surface area contributed by atoms with E-state index in [9.17, 15) is 10.2 Å². The number of benzene rings is 2. The van der Waals surface area contributed by atoms with Gasteiger partial charge in [-0.05, 0) is 24.3 Å². The molecule has 120 valence electrons. The van der Waals surface area contributed by atoms with Crippen LogP contribution >= 0.6 is 11.6 Å². The van der Waals surface area contributed by atoms with E-state index in [1.807, 2.05) is 24.3 Å². The molecule has 24 heavy (non-hydrogen) atoms. The highest BCUT2D eigenvalue weighted by Gasteiger charge is 2.38. The number of nitrogens with one attached hydrogen (secondary N) is 2. The number of hydrogen-bond acceptors (Lipinski definition) is 4. The van der Waals surface area contributed by atoms with Gasteiger partial charge in [0.1, 0.15) is 28.7 Å². The van der Waals surface area contributed by atoms with Crippen molar-refractivity contribution in [2.75, 3.05) is 4.90 Å². The summed E-state index contributed by atoms with van der Waals surface area (Å²) in [6.07, 6.45) is 0. The molecule has 0 saturated heterocycles. The van der Waals surface area contributed by atoms with Gasteiger partial charge < -0.3 is 20.1 Å². The van der Waals surface area contributed by atoms with Gasteiger partial charge in [0.25, 0.3) is 0 Å². The number of aliphatic hydroxyl groups excluding tert-OH is 1. The van der Waals surface area contributed by atoms with Crippen LogP contribution in [0.25, 0.3) is 16.6 Å². The van der Waals surface area contributed by atoms with Gasteiger partial charge in [-0.2, -0.15) is 0 Å². The third kappa shape index (κ3) is 2.11. The lowest BCUT2D eigenvalue weighted by Gasteiger charge is -2.22. The van der Waals surface area contributed by atoms with E-state index in [2.05, 4.69) is 9.97 Å². The number of aromatic hydroxyl groups is 1. The van der Waals surface area contributed by atoms with E-state index >= 15 is 0 Å². The fraction of sp³-hybridized carbons (Fsp3) is 0.0588. The Bertz CT molecular complexity index is 962. The number of rotatable bonds is 2. The Morgan fingerprint density at radius 3 is 2.67 bits per heavy atom. The van der Waals surface area contributed by atoms with Gasteiger partial charge in [-0.25, -0.2) is 4.98 Å². The van der Waals surface area contributed by atoms with Gasteiger partial charge in [-0.1, -0.05) is 29.8 Å². The lowest BCUT2D eigenvalue weighted by molar-refractivity contribution is 0.402. The molecule has 0 aliphatic carbocycles. The number of phenolic OH excluding ortho intramolecular Hbond substituents is 1. The van der Waals surface area contributed by atoms with Gasteiger partial charge in [0, 0.05) is 11.8 Å². The summed E-state index contributed by atoms with van der Waals surface area (Å²) in [5.74, 6) is 0.300. The summed E-state index contributed by atoms with van der Waals surface area (Å²) in [6.45, 7) is 0. The van der Waals surface area contributed by atoms with Gasteiger partial charge in [-0.3, -0.25) is 5.41 Å². The second-order valence-corrected chi connectivity index (χ2v) is 5.85. The standard InChI is InChI=1S/C17H13ClN4O2/c18-15-14(24)13(17-20-11-6-1-2-7-12(11)21-17)16(19)22(15)9-4-3-5-10(23)8-9/h1-8,15,19,23-24H,(H,20,21)/t15-/m1/s1. The first-order valence-electron chi connectivity index (χ1n) is 7.26. The number of amidine groups is 1. The summed E-state index contributed by atoms with van der Waals surface area (Å²) in [5, 5.41) is 28.5. The Kier molecular flexibility index (Phi) is 3.21. The topological polar surface area (TPSA) is 96.2 Å². The Labute approximate surface area is 142 Å². The molecule has 4 rings (SSSR count). The molecule has 4 N–H and O–H groups in total. The van der Waals surface area contributed by atoms with Gasteiger partial charge in [0.15, 0.2) is 5.50 Å². The third-order valence-corrected chi connectivity index (χ3v) is 4.32. The number of para-hydroxylation sites is 2. The quantitative estimate of drug-likeness (QED) is 0.423. The van der Waals surface area contributed by atoms with Gasteiger partial charge in [-0.15, -0.1) is 0 Å². The van der Waals surface area contributed by atoms with Crippen LogP contribution in [0.2, 0.25) is 0 Å². The molecular weight excluding hydrogens is 328 g/mol. The Balaban J connectivity index is 1.80. The molecule has 0 spiro atoms. The number of aliphatic hydroxyl groups is 1. The third-order valence-electron chi connectivity index (χ3n) is 3.92. The fourth-order valence-electron chi connectivity index (χ4n) is 2.80. The highest BCUT2D eigenvalue weighted by molar-refractivity contribution is 6.39. The highest BCUT2D eigenvalue weighted by Crippen LogP contribution is 2.37. The Morgan fingerprint density at radius 1 is 1.12 bits per heavy atom. The van der Waals surface area contributed by atoms with Crippen LogP contribution in [0.4, 0.5) is 5.69 Å². The average Bonchev–Trinajstić information content (AvgIpc) is 3.07. The van der Waals surface area contributed by atoms with Crippen molar-refractivity contribution in [3.63, 3.8) is 0 Å². The molecule has 1 atom stereocenters. The second-order valence-electron chi connectivity index (χ2n) is 5.44. The number of phenols is 1. The van der Waals surface area contributed by atoms with Crippen molar-refractivity contribution in [1.29, 1.82) is 5.41 Å². The molecule has 0 fully saturated rings. The first-order valence-corrected chi connectivity index (χ1v) is 7.69. The summed E-state index contributed by atoms with van der Waals surface area (Å²) >= 11 is 6.31. The molecule has 0 unspecified atom stereocenters. The Hall–Kier alpha value is -2.99. The summed E-state index contributed by atoms with van der Waals surface area (Å²) in [5.41, 5.74) is 1.36. The van der Waals surface area contributed by atoms with Crippen LogP contribution in [0.3, 0.4) is 0 Å². The maximum atomic E-state index is 10.5. The molecule has 0 amide bonds. The van der Waals surface area contributed by atoms with Gasteiger partial charge >= 0.3 is 0 Å². The van der Waals surface area contributed by atoms with Crippen molar-refractivity contribution >= 4 is 39.7 Å². The van der Waals surface area contributed by atoms with Crippen LogP contribution in [0.1, 0.15) is 5.82 Å². The molecule has 7 heteroatoms. The fourth-order valence-corrected chi connectivity index (χ4v) is 3.12. The number of fused-ring (bicyclic) bond motifs is 1. The summed E-state index contributed by atoms with van der Waals surface area (Å²) in [4.78, 5) is 8.95. The lowest BCUT2D eigenvalue weighted by Crippen LogP contribution is -2.31. The molecule has 6 nitrogen and oxygen atoms in total. The van der Waals surface area contributed by atoms with Crippen LogP contribution < -0.4 is 4.90 Å². The Morgan fingerprint density at radius 2 is 1.92 bits per heavy atom. The van der Waals surface area contributed by atoms with Crippen LogP contribution in [0.5, 0.6) is 5.75 Å². The molecule has 0 radical (unpaired) electrons. The maximum Gasteiger partial charge on any atom is 0.168 e. The highest BCUT2D eigenvalue weighted by atomic mass is 35.5. The van der Waals surface area contributed by atoms with Crippen molar-refractivity contribution in [3.05, 3.63) is 60.1 Å². The van der Waals surface area contributed by atoms with Crippen molar-refractivity contribution in [2.45, 2.75) is 5.50 Å². The maximum absolute atomic E-state index is 10.5. The van der Waals surface area contributed by atoms with E-state index in [1.165, 1.54) is 17.0 Å². The van der Waals surface area contributed by atoms with Crippen LogP contribution in [0, 0.1) is 5.41 Å². The predicted octanol–water partition coefficient (Wildman–Crippen LogP) is 3.60. The molecule has 1 aliphatic heterocycles. The second kappa shape index (κ2) is 5.28. The largest absolute Gasteiger partial charge is 0.508 e. The molecule has 1 aromatic heterocycles. The van der Waals surface area contributed by atoms with Crippen LogP contribution in [0.15, 0.2) is 54.3 Å². The number of imidazole rings is 1. The molecular formula is C17H13ClN4O2. The lowest BCUT2D eigenvalue weighted by atomic mass is 10.2. The minimum atomic E-state index is -0.942. The van der Waals surface area contributed by atoms with Crippen molar-refractivity contribution in [3.8, 4) is 5.75 Å². The minimum Gasteiger partial charge on any atom is -0.508 e. The number of alkyl halides is 1. The van der Waals surface area contributed by atoms with E-state index in [1.54, 1.807) is 12.1 Å². The zero-order valence-corrected chi connectivity index (χ0v) is 13.1. The summed E-state index contributed by atoms with van der Waals surface area (Å²) < 4.78 is 0. The van der Waals surface area contributed by atoms with Crippen molar-refractivity contribution in [1.82, 2.24) is 9.97 Å². The number of anilines is 1. The van der Waals surface area contributed by atoms with Crippen LogP contribution in [-0.4, -0.2) is 31.5 Å². The minimum absolute atomic E-state index is 0.0113. The smallest absolute Gasteiger partial charge is 0.168 e. The first kappa shape index (κ1) is 14.6. The number of aromatic amines is 1. The zero-order chi connectivity index (χ0) is 16.8. The molecule has 0 bridgehead atoms. The SMILES string of the molecule is N=C1C(c2nc3ccccc3[nH]2)=C(O)[C@H](Cl)N1c1cccc(O)c1. The van der Waals surface area contributed by atoms with E-state index < -0.39 is 5.50 Å². The molecule has 0 saturated carbocycles. The van der Waals surface area contributed by atoms with Crippen molar-refractivity contribution in [2.24, 2.45) is 0 Å². The van der Waals surface area contributed by atoms with E-state index in [0.717, 1.165) is 11.0 Å². The monoisotopic (exact) mass is 340 g/mol. The number of nitrogens with zero attached hydrogens (tertiary/aromatic N) is 2. The van der Waals surface area contributed by atoms with Crippen LogP contribution in [-0.2, 0) is 0 Å². The molecule has 2 heterocycles. The zero-order valence-electron chi connectivity index (χ0n) is 12.4. The number of aromatic nitrogens is 2. The summed E-state index contributed by atoms with van der Waals surface area (Å²) in [7, 11) is 0. The van der Waals surface area contributed by atoms with E-state index in [4.69, 9.17) is 17.0 Å². The van der Waals surface area contributed by atoms with E-state index in [0.29, 0.717) is 11.5 Å². The number of halogens is 1. The normalized spacial score (nSPS) is 18.0. The predicted molar refractivity (Wildman–Crippen MR) is 93.6 cm³/mol. The number of H-pyrrole nitrogens is 1. The van der Waals surface area contributed by atoms with E-state index in [-0.39, 0.29) is 22.9 Å². The van der Waals surface area contributed by atoms with Crippen molar-refractivity contribution < 1.29 is 10.2 Å². The number of hydrogen-bond donors (Lipinski definition) is 4. The molecule has 2 aromatic carbocycles. The van der Waals surface area contributed by atoms with Gasteiger partial charge in [0.2, 0.25) is 0 Å². The molecule has 1 aliphatic rings. The van der Waals surface area contributed by atoms with Gasteiger partial charge in [0.05, 0.1) is 11.0 Å². The molecule has 3 aromatic rings.